The number of hydrogen-bond acceptors (Lipinski definition) is 2. The highest BCUT2D eigenvalue weighted by atomic mass is 15.2. The Morgan fingerprint density at radius 3 is 3.09 bits per heavy atom. The second-order valence-corrected chi connectivity index (χ2v) is 2.90. The van der Waals surface area contributed by atoms with Gasteiger partial charge in [-0.05, 0) is 0 Å². The molecule has 0 unspecified atom stereocenters. The van der Waals surface area contributed by atoms with Crippen LogP contribution in [0.15, 0.2) is 0 Å². The summed E-state index contributed by atoms with van der Waals surface area (Å²) >= 11 is 0. The highest BCUT2D eigenvalue weighted by Gasteiger charge is 2.18. The van der Waals surface area contributed by atoms with Crippen LogP contribution in [-0.2, 0) is 0 Å². The Morgan fingerprint density at radius 2 is 2.45 bits per heavy atom. The molecule has 0 N–H and O–H groups in total. The number of nitrogens with zero attached hydrogens (tertiary/aromatic N) is 3. The minimum atomic E-state index is 0.524. The van der Waals surface area contributed by atoms with Gasteiger partial charge in [-0.15, -0.1) is 0 Å². The smallest absolute Gasteiger partial charge is 0.244 e. The molecule has 0 saturated heterocycles. The summed E-state index contributed by atoms with van der Waals surface area (Å²) < 4.78 is 2.11. The summed E-state index contributed by atoms with van der Waals surface area (Å²) in [5.74, 6) is 1.22. The lowest BCUT2D eigenvalue weighted by Gasteiger charge is -2.20. The van der Waals surface area contributed by atoms with Crippen molar-refractivity contribution in [3.8, 4) is 6.07 Å². The summed E-state index contributed by atoms with van der Waals surface area (Å²) in [6.45, 7) is 4.74. The molecule has 11 heavy (non-hydrogen) atoms. The van der Waals surface area contributed by atoms with Gasteiger partial charge in [-0.2, -0.15) is 5.26 Å². The highest BCUT2D eigenvalue weighted by Crippen LogP contribution is 1.98. The third-order valence-corrected chi connectivity index (χ3v) is 2.19. The van der Waals surface area contributed by atoms with E-state index in [9.17, 15) is 0 Å². The standard InChI is InChI=1S/C8H14N3/c1-8-10(2)5-3-6-11(8)7-4-9/h3,5-7H2,1-2H3/q+1. The van der Waals surface area contributed by atoms with Gasteiger partial charge in [0.2, 0.25) is 5.84 Å². The quantitative estimate of drug-likeness (QED) is 0.399. The molecule has 1 rings (SSSR count). The molecule has 0 radical (unpaired) electrons. The van der Waals surface area contributed by atoms with E-state index in [4.69, 9.17) is 5.26 Å². The summed E-state index contributed by atoms with van der Waals surface area (Å²) in [5, 5.41) is 8.50. The molecule has 1 heterocycles. The van der Waals surface area contributed by atoms with Crippen LogP contribution in [0.4, 0.5) is 0 Å². The maximum absolute atomic E-state index is 8.50. The SMILES string of the molecule is CC1=[N+](CC#N)CCCN1C. The van der Waals surface area contributed by atoms with E-state index in [1.54, 1.807) is 0 Å². The van der Waals surface area contributed by atoms with Crippen LogP contribution >= 0.6 is 0 Å². The van der Waals surface area contributed by atoms with Gasteiger partial charge in [0, 0.05) is 13.3 Å². The lowest BCUT2D eigenvalue weighted by Crippen LogP contribution is -2.40. The Bertz CT molecular complexity index is 212. The van der Waals surface area contributed by atoms with Gasteiger partial charge in [-0.25, -0.2) is 0 Å². The molecule has 0 amide bonds. The Balaban J connectivity index is 2.73. The minimum absolute atomic E-state index is 0.524. The fourth-order valence-electron chi connectivity index (χ4n) is 1.34. The molecule has 1 aliphatic rings. The van der Waals surface area contributed by atoms with E-state index in [0.29, 0.717) is 6.54 Å². The third-order valence-electron chi connectivity index (χ3n) is 2.19. The van der Waals surface area contributed by atoms with Crippen LogP contribution in [-0.4, -0.2) is 42.0 Å². The first kappa shape index (κ1) is 8.06. The van der Waals surface area contributed by atoms with Gasteiger partial charge in [-0.1, -0.05) is 0 Å². The van der Waals surface area contributed by atoms with Crippen molar-refractivity contribution < 1.29 is 4.58 Å². The maximum atomic E-state index is 8.50. The van der Waals surface area contributed by atoms with Crippen LogP contribution in [0.3, 0.4) is 0 Å². The molecule has 0 atom stereocenters. The van der Waals surface area contributed by atoms with Gasteiger partial charge in [0.1, 0.15) is 6.07 Å². The van der Waals surface area contributed by atoms with Gasteiger partial charge >= 0.3 is 0 Å². The second kappa shape index (κ2) is 3.38. The van der Waals surface area contributed by atoms with E-state index < -0.39 is 0 Å². The van der Waals surface area contributed by atoms with Crippen molar-refractivity contribution in [2.75, 3.05) is 26.7 Å². The monoisotopic (exact) mass is 152 g/mol. The largest absolute Gasteiger partial charge is 0.268 e. The topological polar surface area (TPSA) is 30.0 Å². The van der Waals surface area contributed by atoms with Gasteiger partial charge < -0.3 is 0 Å². The van der Waals surface area contributed by atoms with Crippen LogP contribution < -0.4 is 0 Å². The second-order valence-electron chi connectivity index (χ2n) is 2.90. The summed E-state index contributed by atoms with van der Waals surface area (Å²) in [5.41, 5.74) is 0. The molecule has 0 bridgehead atoms. The Labute approximate surface area is 67.5 Å². The summed E-state index contributed by atoms with van der Waals surface area (Å²) in [6.07, 6.45) is 1.16. The highest BCUT2D eigenvalue weighted by molar-refractivity contribution is 5.74. The molecule has 1 aliphatic heterocycles. The predicted molar refractivity (Wildman–Crippen MR) is 43.5 cm³/mol. The average molecular weight is 152 g/mol. The van der Waals surface area contributed by atoms with Crippen molar-refractivity contribution in [1.82, 2.24) is 4.90 Å². The van der Waals surface area contributed by atoms with Gasteiger partial charge in [0.25, 0.3) is 0 Å². The lowest BCUT2D eigenvalue weighted by atomic mass is 10.3. The van der Waals surface area contributed by atoms with Crippen LogP contribution in [0.1, 0.15) is 13.3 Å². The Hall–Kier alpha value is -1.04. The maximum Gasteiger partial charge on any atom is 0.244 e. The zero-order chi connectivity index (χ0) is 8.27. The number of hydrogen-bond donors (Lipinski definition) is 0. The molecule has 0 saturated carbocycles. The van der Waals surface area contributed by atoms with Gasteiger partial charge in [-0.3, -0.25) is 9.48 Å². The van der Waals surface area contributed by atoms with E-state index in [2.05, 4.69) is 29.5 Å². The van der Waals surface area contributed by atoms with Gasteiger partial charge in [0.05, 0.1) is 20.1 Å². The fourth-order valence-corrected chi connectivity index (χ4v) is 1.34. The molecule has 3 heteroatoms. The zero-order valence-electron chi connectivity index (χ0n) is 7.17. The first-order chi connectivity index (χ1) is 5.25. The van der Waals surface area contributed by atoms with Gasteiger partial charge in [0.15, 0.2) is 6.54 Å². The van der Waals surface area contributed by atoms with Crippen molar-refractivity contribution in [3.05, 3.63) is 0 Å². The Kier molecular flexibility index (Phi) is 2.48. The molecular weight excluding hydrogens is 138 g/mol. The summed E-state index contributed by atoms with van der Waals surface area (Å²) in [7, 11) is 2.07. The molecule has 0 aliphatic carbocycles. The van der Waals surface area contributed by atoms with Crippen LogP contribution in [0.5, 0.6) is 0 Å². The minimum Gasteiger partial charge on any atom is -0.268 e. The van der Waals surface area contributed by atoms with E-state index in [0.717, 1.165) is 19.5 Å². The molecule has 0 fully saturated rings. The van der Waals surface area contributed by atoms with Crippen molar-refractivity contribution in [1.29, 1.82) is 5.26 Å². The van der Waals surface area contributed by atoms with Crippen molar-refractivity contribution in [3.63, 3.8) is 0 Å². The third kappa shape index (κ3) is 1.70. The van der Waals surface area contributed by atoms with Crippen molar-refractivity contribution >= 4 is 5.84 Å². The van der Waals surface area contributed by atoms with E-state index in [1.807, 2.05) is 0 Å². The zero-order valence-corrected chi connectivity index (χ0v) is 7.17. The van der Waals surface area contributed by atoms with E-state index in [1.165, 1.54) is 5.84 Å². The molecule has 0 aromatic carbocycles. The first-order valence-corrected chi connectivity index (χ1v) is 3.92. The average Bonchev–Trinajstić information content (AvgIpc) is 1.99. The number of rotatable bonds is 1. The molecule has 60 valence electrons. The lowest BCUT2D eigenvalue weighted by molar-refractivity contribution is -0.527. The molecular formula is C8H14N3+. The van der Waals surface area contributed by atoms with Crippen LogP contribution in [0.2, 0.25) is 0 Å². The van der Waals surface area contributed by atoms with Crippen molar-refractivity contribution in [2.45, 2.75) is 13.3 Å². The first-order valence-electron chi connectivity index (χ1n) is 3.92. The van der Waals surface area contributed by atoms with Crippen molar-refractivity contribution in [2.24, 2.45) is 0 Å². The summed E-state index contributed by atoms with van der Waals surface area (Å²) in [4.78, 5) is 2.20. The number of nitriles is 1. The predicted octanol–water partition coefficient (Wildman–Crippen LogP) is 0.276. The van der Waals surface area contributed by atoms with E-state index >= 15 is 0 Å². The fraction of sp³-hybridized carbons (Fsp3) is 0.750. The van der Waals surface area contributed by atoms with Crippen LogP contribution in [0, 0.1) is 11.3 Å². The molecule has 0 aromatic heterocycles. The van der Waals surface area contributed by atoms with E-state index in [-0.39, 0.29) is 0 Å². The molecule has 0 spiro atoms. The number of amidine groups is 1. The Morgan fingerprint density at radius 1 is 1.73 bits per heavy atom. The molecule has 0 aromatic rings. The van der Waals surface area contributed by atoms with Crippen LogP contribution in [0.25, 0.3) is 0 Å². The summed E-state index contributed by atoms with van der Waals surface area (Å²) in [6, 6.07) is 2.17. The molecule has 3 nitrogen and oxygen atoms in total. The normalized spacial score (nSPS) is 18.5.